The van der Waals surface area contributed by atoms with Gasteiger partial charge in [-0.3, -0.25) is 0 Å². The average Bonchev–Trinajstić information content (AvgIpc) is 3.38. The van der Waals surface area contributed by atoms with E-state index in [0.29, 0.717) is 19.0 Å². The van der Waals surface area contributed by atoms with Crippen molar-refractivity contribution >= 4 is 41.3 Å². The minimum atomic E-state index is -0.989. The zero-order chi connectivity index (χ0) is 19.0. The van der Waals surface area contributed by atoms with Crippen molar-refractivity contribution in [3.63, 3.8) is 0 Å². The van der Waals surface area contributed by atoms with Crippen LogP contribution < -0.4 is 10.6 Å². The molecule has 3 N–H and O–H groups in total. The summed E-state index contributed by atoms with van der Waals surface area (Å²) in [4.78, 5) is 4.62. The number of ether oxygens (including phenoxy) is 1. The molecule has 0 aliphatic carbocycles. The van der Waals surface area contributed by atoms with Crippen molar-refractivity contribution < 1.29 is 14.3 Å². The van der Waals surface area contributed by atoms with Crippen LogP contribution in [0.4, 0.5) is 0 Å². The van der Waals surface area contributed by atoms with Gasteiger partial charge in [-0.2, -0.15) is 11.3 Å². The first-order chi connectivity index (χ1) is 13.1. The Morgan fingerprint density at radius 3 is 2.93 bits per heavy atom. The van der Waals surface area contributed by atoms with Crippen molar-refractivity contribution in [2.24, 2.45) is 4.99 Å². The molecule has 2 aromatic rings. The second kappa shape index (κ2) is 11.8. The molecule has 3 rings (SSSR count). The topological polar surface area (TPSA) is 79.0 Å². The molecule has 2 unspecified atom stereocenters. The molecule has 2 atom stereocenters. The second-order valence-corrected chi connectivity index (χ2v) is 7.86. The van der Waals surface area contributed by atoms with Crippen molar-refractivity contribution in [3.8, 4) is 0 Å². The van der Waals surface area contributed by atoms with Crippen LogP contribution in [0.25, 0.3) is 0 Å². The Balaban J connectivity index is 0.00000280. The molecule has 0 aromatic carbocycles. The molecule has 2 aromatic heterocycles. The SMILES string of the molecule is CC(O)(CN=C(NCCc1ccco1)NCC1CCCCO1)c1ccsc1.I. The third-order valence-corrected chi connectivity index (χ3v) is 5.39. The van der Waals surface area contributed by atoms with E-state index in [-0.39, 0.29) is 36.6 Å². The Hall–Kier alpha value is -1.10. The van der Waals surface area contributed by atoms with Gasteiger partial charge in [0.15, 0.2) is 5.96 Å². The lowest BCUT2D eigenvalue weighted by Crippen LogP contribution is -2.44. The Morgan fingerprint density at radius 2 is 2.25 bits per heavy atom. The average molecular weight is 519 g/mol. The quantitative estimate of drug-likeness (QED) is 0.283. The number of aliphatic hydroxyl groups is 1. The summed E-state index contributed by atoms with van der Waals surface area (Å²) >= 11 is 1.58. The summed E-state index contributed by atoms with van der Waals surface area (Å²) in [6.45, 7) is 4.32. The Bertz CT molecular complexity index is 684. The van der Waals surface area contributed by atoms with Gasteiger partial charge in [0.25, 0.3) is 0 Å². The van der Waals surface area contributed by atoms with E-state index in [4.69, 9.17) is 9.15 Å². The van der Waals surface area contributed by atoms with Crippen molar-refractivity contribution in [2.75, 3.05) is 26.2 Å². The predicted octanol–water partition coefficient (Wildman–Crippen LogP) is 3.51. The lowest BCUT2D eigenvalue weighted by atomic mass is 10.00. The van der Waals surface area contributed by atoms with Crippen LogP contribution in [-0.2, 0) is 16.8 Å². The van der Waals surface area contributed by atoms with E-state index in [1.165, 1.54) is 6.42 Å². The lowest BCUT2D eigenvalue weighted by Gasteiger charge is -2.25. The summed E-state index contributed by atoms with van der Waals surface area (Å²) in [7, 11) is 0. The van der Waals surface area contributed by atoms with Gasteiger partial charge >= 0.3 is 0 Å². The van der Waals surface area contributed by atoms with Crippen LogP contribution in [0.1, 0.15) is 37.5 Å². The maximum Gasteiger partial charge on any atom is 0.191 e. The molecule has 0 bridgehead atoms. The van der Waals surface area contributed by atoms with Gasteiger partial charge in [0, 0.05) is 26.1 Å². The van der Waals surface area contributed by atoms with E-state index in [2.05, 4.69) is 15.6 Å². The van der Waals surface area contributed by atoms with E-state index in [1.54, 1.807) is 24.5 Å². The van der Waals surface area contributed by atoms with Crippen LogP contribution in [0, 0.1) is 0 Å². The van der Waals surface area contributed by atoms with E-state index >= 15 is 0 Å². The minimum Gasteiger partial charge on any atom is -0.469 e. The monoisotopic (exact) mass is 519 g/mol. The number of nitrogens with zero attached hydrogens (tertiary/aromatic N) is 1. The summed E-state index contributed by atoms with van der Waals surface area (Å²) in [5.74, 6) is 1.62. The van der Waals surface area contributed by atoms with Gasteiger partial charge in [0.2, 0.25) is 0 Å². The van der Waals surface area contributed by atoms with Gasteiger partial charge in [0.1, 0.15) is 11.4 Å². The van der Waals surface area contributed by atoms with Crippen LogP contribution in [0.5, 0.6) is 0 Å². The summed E-state index contributed by atoms with van der Waals surface area (Å²) in [5, 5.41) is 21.3. The predicted molar refractivity (Wildman–Crippen MR) is 124 cm³/mol. The van der Waals surface area contributed by atoms with Gasteiger partial charge in [-0.1, -0.05) is 0 Å². The van der Waals surface area contributed by atoms with Crippen LogP contribution in [-0.4, -0.2) is 43.4 Å². The zero-order valence-electron chi connectivity index (χ0n) is 16.2. The Kier molecular flexibility index (Phi) is 9.76. The van der Waals surface area contributed by atoms with Crippen LogP contribution in [0.2, 0.25) is 0 Å². The number of furan rings is 1. The molecular formula is C20H30IN3O3S. The number of halogens is 1. The first kappa shape index (κ1) is 23.2. The van der Waals surface area contributed by atoms with Crippen molar-refractivity contribution in [3.05, 3.63) is 46.5 Å². The third-order valence-electron chi connectivity index (χ3n) is 4.70. The molecular weight excluding hydrogens is 489 g/mol. The minimum absolute atomic E-state index is 0. The molecule has 28 heavy (non-hydrogen) atoms. The highest BCUT2D eigenvalue weighted by atomic mass is 127. The Morgan fingerprint density at radius 1 is 1.36 bits per heavy atom. The van der Waals surface area contributed by atoms with Gasteiger partial charge in [-0.05, 0) is 60.7 Å². The highest BCUT2D eigenvalue weighted by Gasteiger charge is 2.23. The Labute approximate surface area is 187 Å². The third kappa shape index (κ3) is 7.38. The number of guanidine groups is 1. The molecule has 1 aliphatic heterocycles. The highest BCUT2D eigenvalue weighted by Crippen LogP contribution is 2.23. The summed E-state index contributed by atoms with van der Waals surface area (Å²) in [6.07, 6.45) is 6.09. The largest absolute Gasteiger partial charge is 0.469 e. The fraction of sp³-hybridized carbons (Fsp3) is 0.550. The van der Waals surface area contributed by atoms with E-state index in [9.17, 15) is 5.11 Å². The van der Waals surface area contributed by atoms with E-state index in [1.807, 2.05) is 29.0 Å². The number of hydrogen-bond acceptors (Lipinski definition) is 5. The summed E-state index contributed by atoms with van der Waals surface area (Å²) in [6, 6.07) is 5.79. The molecule has 0 radical (unpaired) electrons. The molecule has 1 aliphatic rings. The number of aliphatic imine (C=N–C) groups is 1. The summed E-state index contributed by atoms with van der Waals surface area (Å²) < 4.78 is 11.2. The molecule has 6 nitrogen and oxygen atoms in total. The fourth-order valence-electron chi connectivity index (χ4n) is 3.01. The first-order valence-corrected chi connectivity index (χ1v) is 10.5. The molecule has 1 fully saturated rings. The molecule has 0 saturated carbocycles. The highest BCUT2D eigenvalue weighted by molar-refractivity contribution is 14.0. The van der Waals surface area contributed by atoms with Crippen molar-refractivity contribution in [2.45, 2.75) is 44.3 Å². The zero-order valence-corrected chi connectivity index (χ0v) is 19.4. The lowest BCUT2D eigenvalue weighted by molar-refractivity contribution is 0.0194. The maximum atomic E-state index is 10.7. The molecule has 3 heterocycles. The normalized spacial score (nSPS) is 19.5. The molecule has 0 amide bonds. The number of hydrogen-bond donors (Lipinski definition) is 3. The van der Waals surface area contributed by atoms with Gasteiger partial charge in [-0.15, -0.1) is 24.0 Å². The summed E-state index contributed by atoms with van der Waals surface area (Å²) in [5.41, 5.74) is -0.0986. The van der Waals surface area contributed by atoms with Crippen LogP contribution >= 0.6 is 35.3 Å². The van der Waals surface area contributed by atoms with Crippen molar-refractivity contribution in [1.82, 2.24) is 10.6 Å². The number of nitrogens with one attached hydrogen (secondary N) is 2. The number of rotatable bonds is 8. The van der Waals surface area contributed by atoms with E-state index < -0.39 is 5.60 Å². The first-order valence-electron chi connectivity index (χ1n) is 9.55. The van der Waals surface area contributed by atoms with Crippen molar-refractivity contribution in [1.29, 1.82) is 0 Å². The maximum absolute atomic E-state index is 10.7. The van der Waals surface area contributed by atoms with Gasteiger partial charge in [-0.25, -0.2) is 4.99 Å². The van der Waals surface area contributed by atoms with Crippen LogP contribution in [0.3, 0.4) is 0 Å². The smallest absolute Gasteiger partial charge is 0.191 e. The standard InChI is InChI=1S/C20H29N3O3S.HI/c1-20(24,16-8-12-27-14-16)15-23-19(21-9-7-17-6-4-11-25-17)22-13-18-5-2-3-10-26-18;/h4,6,8,11-12,14,18,24H,2-3,5,7,9-10,13,15H2,1H3,(H2,21,22,23);1H. The molecule has 0 spiro atoms. The van der Waals surface area contributed by atoms with Crippen LogP contribution in [0.15, 0.2) is 44.6 Å². The van der Waals surface area contributed by atoms with Gasteiger partial charge in [0.05, 0.1) is 18.9 Å². The molecule has 8 heteroatoms. The number of thiophene rings is 1. The van der Waals surface area contributed by atoms with Gasteiger partial charge < -0.3 is 24.9 Å². The molecule has 1 saturated heterocycles. The molecule has 156 valence electrons. The second-order valence-electron chi connectivity index (χ2n) is 7.08. The fourth-order valence-corrected chi connectivity index (χ4v) is 3.79. The van der Waals surface area contributed by atoms with E-state index in [0.717, 1.165) is 37.2 Å².